The van der Waals surface area contributed by atoms with Gasteiger partial charge < -0.3 is 19.3 Å². The molecule has 0 unspecified atom stereocenters. The second-order valence-corrected chi connectivity index (χ2v) is 8.94. The molecule has 9 heteroatoms. The monoisotopic (exact) mass is 499 g/mol. The van der Waals surface area contributed by atoms with E-state index in [1.54, 1.807) is 29.2 Å². The number of carbonyl (C=O) groups is 1. The van der Waals surface area contributed by atoms with Gasteiger partial charge in [0, 0.05) is 38.4 Å². The molecule has 1 aliphatic rings. The van der Waals surface area contributed by atoms with E-state index in [-0.39, 0.29) is 5.88 Å². The number of aromatic nitrogens is 1. The third-order valence-corrected chi connectivity index (χ3v) is 6.05. The SMILES string of the molecule is CN(Cc1ccccc1)CC1CCN(C(=O)Oc2ccc(Oc3ccc(C(F)(F)F)cn3)cc2)CC1. The Labute approximate surface area is 208 Å². The number of halogens is 3. The van der Waals surface area contributed by atoms with Gasteiger partial charge in [-0.25, -0.2) is 9.78 Å². The third kappa shape index (κ3) is 7.21. The van der Waals surface area contributed by atoms with E-state index in [1.807, 2.05) is 18.2 Å². The summed E-state index contributed by atoms with van der Waals surface area (Å²) < 4.78 is 48.9. The lowest BCUT2D eigenvalue weighted by Gasteiger charge is -2.33. The molecule has 190 valence electrons. The van der Waals surface area contributed by atoms with Crippen LogP contribution in [0, 0.1) is 5.92 Å². The molecule has 3 aromatic rings. The van der Waals surface area contributed by atoms with Crippen LogP contribution in [0.1, 0.15) is 24.0 Å². The van der Waals surface area contributed by atoms with Crippen molar-refractivity contribution in [1.82, 2.24) is 14.8 Å². The number of carbonyl (C=O) groups excluding carboxylic acids is 1. The fraction of sp³-hybridized carbons (Fsp3) is 0.333. The average molecular weight is 500 g/mol. The summed E-state index contributed by atoms with van der Waals surface area (Å²) in [4.78, 5) is 20.3. The Morgan fingerprint density at radius 1 is 1.00 bits per heavy atom. The Bertz CT molecular complexity index is 1120. The van der Waals surface area contributed by atoms with Crippen LogP contribution in [-0.4, -0.2) is 47.6 Å². The van der Waals surface area contributed by atoms with Gasteiger partial charge in [-0.1, -0.05) is 30.3 Å². The fourth-order valence-electron chi connectivity index (χ4n) is 4.17. The average Bonchev–Trinajstić information content (AvgIpc) is 2.86. The molecular formula is C27H28F3N3O3. The smallest absolute Gasteiger partial charge is 0.417 e. The minimum Gasteiger partial charge on any atom is -0.439 e. The molecule has 0 bridgehead atoms. The molecule has 1 saturated heterocycles. The van der Waals surface area contributed by atoms with Crippen molar-refractivity contribution in [3.8, 4) is 17.4 Å². The van der Waals surface area contributed by atoms with Crippen LogP contribution in [0.2, 0.25) is 0 Å². The van der Waals surface area contributed by atoms with Gasteiger partial charge in [0.2, 0.25) is 5.88 Å². The summed E-state index contributed by atoms with van der Waals surface area (Å²) >= 11 is 0. The van der Waals surface area contributed by atoms with Gasteiger partial charge in [-0.2, -0.15) is 13.2 Å². The number of hydrogen-bond donors (Lipinski definition) is 0. The zero-order valence-electron chi connectivity index (χ0n) is 19.9. The van der Waals surface area contributed by atoms with E-state index in [2.05, 4.69) is 29.1 Å². The van der Waals surface area contributed by atoms with Crippen molar-refractivity contribution >= 4 is 6.09 Å². The number of hydrogen-bond acceptors (Lipinski definition) is 5. The first kappa shape index (κ1) is 25.5. The predicted octanol–water partition coefficient (Wildman–Crippen LogP) is 6.24. The second kappa shape index (κ2) is 11.4. The Morgan fingerprint density at radius 3 is 2.28 bits per heavy atom. The summed E-state index contributed by atoms with van der Waals surface area (Å²) in [6, 6.07) is 18.7. The molecule has 0 saturated carbocycles. The maximum absolute atomic E-state index is 12.6. The van der Waals surface area contributed by atoms with Crippen LogP contribution in [0.4, 0.5) is 18.0 Å². The molecule has 0 aliphatic carbocycles. The van der Waals surface area contributed by atoms with E-state index in [0.29, 0.717) is 30.5 Å². The summed E-state index contributed by atoms with van der Waals surface area (Å²) in [6.45, 7) is 3.16. The van der Waals surface area contributed by atoms with Gasteiger partial charge in [-0.3, -0.25) is 0 Å². The number of benzene rings is 2. The van der Waals surface area contributed by atoms with Gasteiger partial charge in [0.1, 0.15) is 11.5 Å². The summed E-state index contributed by atoms with van der Waals surface area (Å²) in [6.07, 6.45) is -2.30. The van der Waals surface area contributed by atoms with Crippen molar-refractivity contribution in [3.05, 3.63) is 84.1 Å². The number of amides is 1. The predicted molar refractivity (Wildman–Crippen MR) is 129 cm³/mol. The number of rotatable bonds is 7. The van der Waals surface area contributed by atoms with Gasteiger partial charge in [-0.15, -0.1) is 0 Å². The first-order valence-electron chi connectivity index (χ1n) is 11.8. The van der Waals surface area contributed by atoms with Crippen molar-refractivity contribution in [2.75, 3.05) is 26.7 Å². The van der Waals surface area contributed by atoms with Crippen molar-refractivity contribution in [1.29, 1.82) is 0 Å². The van der Waals surface area contributed by atoms with Crippen molar-refractivity contribution in [3.63, 3.8) is 0 Å². The number of pyridine rings is 1. The zero-order valence-corrected chi connectivity index (χ0v) is 19.9. The highest BCUT2D eigenvalue weighted by Crippen LogP contribution is 2.30. The summed E-state index contributed by atoms with van der Waals surface area (Å²) in [7, 11) is 2.12. The molecule has 1 aliphatic heterocycles. The first-order valence-corrected chi connectivity index (χ1v) is 11.8. The normalized spacial score (nSPS) is 14.6. The van der Waals surface area contributed by atoms with Gasteiger partial charge in [0.25, 0.3) is 0 Å². The van der Waals surface area contributed by atoms with Crippen LogP contribution in [0.3, 0.4) is 0 Å². The standard InChI is InChI=1S/C27H28F3N3O3/c1-32(18-20-5-3-2-4-6-20)19-21-13-15-33(16-14-21)26(34)36-24-10-8-23(9-11-24)35-25-12-7-22(17-31-25)27(28,29)30/h2-12,17,21H,13-16,18-19H2,1H3. The zero-order chi connectivity index (χ0) is 25.5. The Hall–Kier alpha value is -3.59. The minimum absolute atomic E-state index is 0.0324. The summed E-state index contributed by atoms with van der Waals surface area (Å²) in [5, 5.41) is 0. The van der Waals surface area contributed by atoms with E-state index in [4.69, 9.17) is 9.47 Å². The lowest BCUT2D eigenvalue weighted by Crippen LogP contribution is -2.42. The lowest BCUT2D eigenvalue weighted by molar-refractivity contribution is -0.137. The van der Waals surface area contributed by atoms with Gasteiger partial charge in [0.05, 0.1) is 5.56 Å². The fourth-order valence-corrected chi connectivity index (χ4v) is 4.17. The summed E-state index contributed by atoms with van der Waals surface area (Å²) in [5.41, 5.74) is 0.438. The quantitative estimate of drug-likeness (QED) is 0.386. The van der Waals surface area contributed by atoms with E-state index in [1.165, 1.54) is 5.56 Å². The molecule has 2 aromatic carbocycles. The minimum atomic E-state index is -4.45. The highest BCUT2D eigenvalue weighted by Gasteiger charge is 2.30. The highest BCUT2D eigenvalue weighted by molar-refractivity contribution is 5.70. The maximum Gasteiger partial charge on any atom is 0.417 e. The van der Waals surface area contributed by atoms with Crippen LogP contribution < -0.4 is 9.47 Å². The molecule has 1 fully saturated rings. The van der Waals surface area contributed by atoms with Crippen LogP contribution in [-0.2, 0) is 12.7 Å². The molecule has 4 rings (SSSR count). The first-order chi connectivity index (χ1) is 17.3. The number of likely N-dealkylation sites (tertiary alicyclic amines) is 1. The lowest BCUT2D eigenvalue weighted by atomic mass is 9.96. The van der Waals surface area contributed by atoms with E-state index >= 15 is 0 Å². The second-order valence-electron chi connectivity index (χ2n) is 8.94. The van der Waals surface area contributed by atoms with E-state index in [0.717, 1.165) is 44.3 Å². The van der Waals surface area contributed by atoms with Crippen molar-refractivity contribution in [2.45, 2.75) is 25.6 Å². The Kier molecular flexibility index (Phi) is 8.10. The van der Waals surface area contributed by atoms with Crippen LogP contribution >= 0.6 is 0 Å². The van der Waals surface area contributed by atoms with Crippen LogP contribution in [0.15, 0.2) is 72.9 Å². The number of alkyl halides is 3. The third-order valence-electron chi connectivity index (χ3n) is 6.05. The molecule has 1 amide bonds. The molecule has 0 spiro atoms. The number of nitrogens with zero attached hydrogens (tertiary/aromatic N) is 3. The van der Waals surface area contributed by atoms with E-state index < -0.39 is 17.8 Å². The Morgan fingerprint density at radius 2 is 1.67 bits per heavy atom. The van der Waals surface area contributed by atoms with Gasteiger partial charge in [0.15, 0.2) is 0 Å². The molecule has 2 heterocycles. The molecule has 0 radical (unpaired) electrons. The summed E-state index contributed by atoms with van der Waals surface area (Å²) in [5.74, 6) is 1.28. The van der Waals surface area contributed by atoms with Gasteiger partial charge in [-0.05, 0) is 61.7 Å². The van der Waals surface area contributed by atoms with Crippen LogP contribution in [0.25, 0.3) is 0 Å². The van der Waals surface area contributed by atoms with E-state index in [9.17, 15) is 18.0 Å². The van der Waals surface area contributed by atoms with Crippen molar-refractivity contribution in [2.24, 2.45) is 5.92 Å². The molecule has 6 nitrogen and oxygen atoms in total. The molecule has 1 aromatic heterocycles. The van der Waals surface area contributed by atoms with Gasteiger partial charge >= 0.3 is 12.3 Å². The molecular weight excluding hydrogens is 471 g/mol. The molecule has 36 heavy (non-hydrogen) atoms. The molecule has 0 N–H and O–H groups in total. The largest absolute Gasteiger partial charge is 0.439 e. The number of piperidine rings is 1. The highest BCUT2D eigenvalue weighted by atomic mass is 19.4. The molecule has 0 atom stereocenters. The Balaban J connectivity index is 1.21. The van der Waals surface area contributed by atoms with Crippen LogP contribution in [0.5, 0.6) is 17.4 Å². The van der Waals surface area contributed by atoms with Crippen molar-refractivity contribution < 1.29 is 27.4 Å². The topological polar surface area (TPSA) is 54.9 Å². The maximum atomic E-state index is 12.6. The number of ether oxygens (including phenoxy) is 2.